The van der Waals surface area contributed by atoms with Crippen molar-refractivity contribution in [3.05, 3.63) is 65.7 Å². The normalized spacial score (nSPS) is 10.0. The van der Waals surface area contributed by atoms with E-state index in [1.807, 2.05) is 42.5 Å². The molecule has 0 aliphatic carbocycles. The van der Waals surface area contributed by atoms with Gasteiger partial charge in [-0.2, -0.15) is 5.26 Å². The fourth-order valence-corrected chi connectivity index (χ4v) is 2.34. The highest BCUT2D eigenvalue weighted by atomic mass is 16.5. The number of carbonyl (C=O) groups is 1. The van der Waals surface area contributed by atoms with Crippen LogP contribution < -0.4 is 4.74 Å². The number of amides is 1. The molecule has 0 aliphatic rings. The number of nitrogens with zero attached hydrogens (tertiary/aromatic N) is 2. The van der Waals surface area contributed by atoms with E-state index in [1.54, 1.807) is 17.0 Å². The monoisotopic (exact) mass is 322 g/mol. The third-order valence-corrected chi connectivity index (χ3v) is 3.57. The number of hydrogen-bond acceptors (Lipinski definition) is 3. The molecule has 0 heterocycles. The van der Waals surface area contributed by atoms with Gasteiger partial charge in [-0.05, 0) is 36.2 Å². The third kappa shape index (κ3) is 5.13. The molecule has 0 aromatic heterocycles. The summed E-state index contributed by atoms with van der Waals surface area (Å²) < 4.78 is 5.54. The summed E-state index contributed by atoms with van der Waals surface area (Å²) in [5, 5.41) is 8.85. The van der Waals surface area contributed by atoms with Crippen LogP contribution in [-0.4, -0.2) is 24.0 Å². The van der Waals surface area contributed by atoms with Gasteiger partial charge in [0.2, 0.25) is 0 Å². The number of benzene rings is 2. The van der Waals surface area contributed by atoms with Crippen LogP contribution in [0.2, 0.25) is 0 Å². The molecule has 24 heavy (non-hydrogen) atoms. The lowest BCUT2D eigenvalue weighted by Crippen LogP contribution is -2.31. The molecule has 4 heteroatoms. The number of rotatable bonds is 8. The topological polar surface area (TPSA) is 53.3 Å². The van der Waals surface area contributed by atoms with E-state index in [0.29, 0.717) is 31.7 Å². The number of carbonyl (C=O) groups excluding carboxylic acids is 1. The average Bonchev–Trinajstić information content (AvgIpc) is 2.64. The largest absolute Gasteiger partial charge is 0.494 e. The van der Waals surface area contributed by atoms with E-state index in [0.717, 1.165) is 17.7 Å². The maximum Gasteiger partial charge on any atom is 0.254 e. The van der Waals surface area contributed by atoms with Crippen LogP contribution in [0.1, 0.15) is 35.7 Å². The molecule has 0 radical (unpaired) electrons. The lowest BCUT2D eigenvalue weighted by molar-refractivity contribution is 0.0747. The molecule has 0 fully saturated rings. The first kappa shape index (κ1) is 17.6. The van der Waals surface area contributed by atoms with Gasteiger partial charge in [-0.15, -0.1) is 0 Å². The Morgan fingerprint density at radius 1 is 1.12 bits per heavy atom. The van der Waals surface area contributed by atoms with Crippen LogP contribution in [0.5, 0.6) is 5.75 Å². The van der Waals surface area contributed by atoms with Gasteiger partial charge in [0.25, 0.3) is 5.91 Å². The van der Waals surface area contributed by atoms with Crippen LogP contribution in [-0.2, 0) is 6.54 Å². The minimum absolute atomic E-state index is 0.0730. The van der Waals surface area contributed by atoms with Gasteiger partial charge in [-0.3, -0.25) is 4.79 Å². The molecule has 0 bridgehead atoms. The van der Waals surface area contributed by atoms with Crippen molar-refractivity contribution in [1.29, 1.82) is 5.26 Å². The minimum Gasteiger partial charge on any atom is -0.494 e. The molecule has 0 unspecified atom stereocenters. The molecule has 0 saturated carbocycles. The van der Waals surface area contributed by atoms with E-state index < -0.39 is 0 Å². The van der Waals surface area contributed by atoms with Gasteiger partial charge < -0.3 is 9.64 Å². The van der Waals surface area contributed by atoms with E-state index in [1.165, 1.54) is 0 Å². The highest BCUT2D eigenvalue weighted by Gasteiger charge is 2.16. The SMILES string of the molecule is CCCOc1ccc(C(=O)N(CCC#N)Cc2ccccc2)cc1. The van der Waals surface area contributed by atoms with Gasteiger partial charge >= 0.3 is 0 Å². The maximum atomic E-state index is 12.8. The van der Waals surface area contributed by atoms with Gasteiger partial charge in [0.05, 0.1) is 19.1 Å². The molecule has 0 N–H and O–H groups in total. The zero-order chi connectivity index (χ0) is 17.2. The van der Waals surface area contributed by atoms with Crippen molar-refractivity contribution < 1.29 is 9.53 Å². The summed E-state index contributed by atoms with van der Waals surface area (Å²) in [6.07, 6.45) is 1.26. The molecular formula is C20H22N2O2. The second kappa shape index (κ2) is 9.36. The van der Waals surface area contributed by atoms with Crippen LogP contribution in [0, 0.1) is 11.3 Å². The van der Waals surface area contributed by atoms with Crippen molar-refractivity contribution in [2.75, 3.05) is 13.2 Å². The van der Waals surface area contributed by atoms with Crippen molar-refractivity contribution >= 4 is 5.91 Å². The van der Waals surface area contributed by atoms with Crippen molar-refractivity contribution in [2.24, 2.45) is 0 Å². The van der Waals surface area contributed by atoms with E-state index in [-0.39, 0.29) is 5.91 Å². The van der Waals surface area contributed by atoms with E-state index in [2.05, 4.69) is 13.0 Å². The van der Waals surface area contributed by atoms with Crippen LogP contribution in [0.15, 0.2) is 54.6 Å². The summed E-state index contributed by atoms with van der Waals surface area (Å²) in [7, 11) is 0. The predicted octanol–water partition coefficient (Wildman–Crippen LogP) is 4.03. The summed E-state index contributed by atoms with van der Waals surface area (Å²) in [6.45, 7) is 3.62. The molecule has 2 aromatic rings. The molecule has 2 rings (SSSR count). The Morgan fingerprint density at radius 2 is 1.83 bits per heavy atom. The molecular weight excluding hydrogens is 300 g/mol. The Labute approximate surface area is 143 Å². The summed E-state index contributed by atoms with van der Waals surface area (Å²) in [4.78, 5) is 14.5. The van der Waals surface area contributed by atoms with Crippen LogP contribution >= 0.6 is 0 Å². The number of hydrogen-bond donors (Lipinski definition) is 0. The van der Waals surface area contributed by atoms with Crippen LogP contribution in [0.4, 0.5) is 0 Å². The molecule has 0 spiro atoms. The smallest absolute Gasteiger partial charge is 0.254 e. The Morgan fingerprint density at radius 3 is 2.46 bits per heavy atom. The van der Waals surface area contributed by atoms with E-state index in [4.69, 9.17) is 10.00 Å². The summed E-state index contributed by atoms with van der Waals surface area (Å²) in [5.74, 6) is 0.691. The molecule has 0 atom stereocenters. The first-order chi connectivity index (χ1) is 11.7. The second-order valence-electron chi connectivity index (χ2n) is 5.49. The first-order valence-electron chi connectivity index (χ1n) is 8.17. The van der Waals surface area contributed by atoms with Crippen molar-refractivity contribution in [3.63, 3.8) is 0 Å². The standard InChI is InChI=1S/C20H22N2O2/c1-2-15-24-19-11-9-18(10-12-19)20(23)22(14-6-13-21)16-17-7-4-3-5-8-17/h3-5,7-12H,2,6,14-16H2,1H3. The van der Waals surface area contributed by atoms with Gasteiger partial charge in [0, 0.05) is 18.7 Å². The molecule has 4 nitrogen and oxygen atoms in total. The minimum atomic E-state index is -0.0730. The van der Waals surface area contributed by atoms with Crippen LogP contribution in [0.3, 0.4) is 0 Å². The third-order valence-electron chi connectivity index (χ3n) is 3.57. The summed E-state index contributed by atoms with van der Waals surface area (Å²) in [6, 6.07) is 19.1. The van der Waals surface area contributed by atoms with Gasteiger partial charge in [-0.25, -0.2) is 0 Å². The fraction of sp³-hybridized carbons (Fsp3) is 0.300. The fourth-order valence-electron chi connectivity index (χ4n) is 2.34. The Bertz CT molecular complexity index is 675. The Kier molecular flexibility index (Phi) is 6.85. The van der Waals surface area contributed by atoms with Crippen molar-refractivity contribution in [2.45, 2.75) is 26.3 Å². The molecule has 1 amide bonds. The lowest BCUT2D eigenvalue weighted by atomic mass is 10.1. The van der Waals surface area contributed by atoms with Gasteiger partial charge in [0.1, 0.15) is 5.75 Å². The number of nitriles is 1. The Hall–Kier alpha value is -2.80. The summed E-state index contributed by atoms with van der Waals surface area (Å²) in [5.41, 5.74) is 1.65. The second-order valence-corrected chi connectivity index (χ2v) is 5.49. The molecule has 2 aromatic carbocycles. The zero-order valence-corrected chi connectivity index (χ0v) is 13.9. The summed E-state index contributed by atoms with van der Waals surface area (Å²) >= 11 is 0. The highest BCUT2D eigenvalue weighted by Crippen LogP contribution is 2.16. The maximum absolute atomic E-state index is 12.8. The van der Waals surface area contributed by atoms with Gasteiger partial charge in [-0.1, -0.05) is 37.3 Å². The molecule has 124 valence electrons. The van der Waals surface area contributed by atoms with E-state index >= 15 is 0 Å². The quantitative estimate of drug-likeness (QED) is 0.737. The zero-order valence-electron chi connectivity index (χ0n) is 13.9. The highest BCUT2D eigenvalue weighted by molar-refractivity contribution is 5.94. The predicted molar refractivity (Wildman–Crippen MR) is 93.6 cm³/mol. The van der Waals surface area contributed by atoms with Crippen LogP contribution in [0.25, 0.3) is 0 Å². The molecule has 0 aliphatic heterocycles. The Balaban J connectivity index is 2.10. The first-order valence-corrected chi connectivity index (χ1v) is 8.17. The van der Waals surface area contributed by atoms with Crippen molar-refractivity contribution in [3.8, 4) is 11.8 Å². The number of ether oxygens (including phenoxy) is 1. The van der Waals surface area contributed by atoms with Gasteiger partial charge in [0.15, 0.2) is 0 Å². The lowest BCUT2D eigenvalue weighted by Gasteiger charge is -2.22. The average molecular weight is 322 g/mol. The molecule has 0 saturated heterocycles. The van der Waals surface area contributed by atoms with E-state index in [9.17, 15) is 4.79 Å². The van der Waals surface area contributed by atoms with Crippen molar-refractivity contribution in [1.82, 2.24) is 4.90 Å².